The maximum atomic E-state index is 12.7. The molecule has 0 aliphatic carbocycles. The predicted octanol–water partition coefficient (Wildman–Crippen LogP) is 3.34. The molecule has 33 heavy (non-hydrogen) atoms. The van der Waals surface area contributed by atoms with Crippen molar-refractivity contribution in [3.8, 4) is 0 Å². The van der Waals surface area contributed by atoms with Crippen LogP contribution >= 0.6 is 11.3 Å². The minimum atomic E-state index is -3.60. The van der Waals surface area contributed by atoms with Crippen LogP contribution in [0, 0.1) is 0 Å². The first-order valence-corrected chi connectivity index (χ1v) is 13.0. The van der Waals surface area contributed by atoms with E-state index in [1.165, 1.54) is 28.3 Å². The molecule has 0 spiro atoms. The van der Waals surface area contributed by atoms with Gasteiger partial charge in [0.05, 0.1) is 18.9 Å². The predicted molar refractivity (Wildman–Crippen MR) is 130 cm³/mol. The summed E-state index contributed by atoms with van der Waals surface area (Å²) in [4.78, 5) is 15.0. The van der Waals surface area contributed by atoms with Crippen molar-refractivity contribution in [3.63, 3.8) is 0 Å². The molecule has 1 aliphatic rings. The third-order valence-corrected chi connectivity index (χ3v) is 8.72. The van der Waals surface area contributed by atoms with Gasteiger partial charge in [-0.2, -0.15) is 0 Å². The van der Waals surface area contributed by atoms with E-state index < -0.39 is 10.0 Å². The Morgan fingerprint density at radius 3 is 2.48 bits per heavy atom. The molecule has 1 fully saturated rings. The molecule has 0 saturated carbocycles. The molecule has 1 aromatic heterocycles. The molecule has 1 amide bonds. The molecule has 9 heteroatoms. The molecule has 0 atom stereocenters. The summed E-state index contributed by atoms with van der Waals surface area (Å²) >= 11 is 1.17. The lowest BCUT2D eigenvalue weighted by atomic mass is 10.1. The summed E-state index contributed by atoms with van der Waals surface area (Å²) < 4.78 is 32.2. The van der Waals surface area contributed by atoms with Crippen molar-refractivity contribution in [2.45, 2.75) is 17.3 Å². The summed E-state index contributed by atoms with van der Waals surface area (Å²) in [5.41, 5.74) is 3.22. The highest BCUT2D eigenvalue weighted by Crippen LogP contribution is 2.25. The van der Waals surface area contributed by atoms with Crippen molar-refractivity contribution < 1.29 is 17.9 Å². The highest BCUT2D eigenvalue weighted by Gasteiger charge is 2.22. The Balaban J connectivity index is 1.35. The van der Waals surface area contributed by atoms with Crippen LogP contribution in [0.3, 0.4) is 0 Å². The van der Waals surface area contributed by atoms with Gasteiger partial charge in [0.25, 0.3) is 15.9 Å². The maximum Gasteiger partial charge on any atom is 0.273 e. The number of amides is 1. The number of anilines is 1. The first-order valence-electron chi connectivity index (χ1n) is 10.7. The Bertz CT molecular complexity index is 1170. The maximum absolute atomic E-state index is 12.7. The van der Waals surface area contributed by atoms with Crippen LogP contribution in [0.1, 0.15) is 21.5 Å². The fourth-order valence-electron chi connectivity index (χ4n) is 3.65. The number of carbonyl (C=O) groups is 1. The van der Waals surface area contributed by atoms with E-state index in [1.807, 2.05) is 12.1 Å². The van der Waals surface area contributed by atoms with Crippen LogP contribution < -0.4 is 9.62 Å². The van der Waals surface area contributed by atoms with Gasteiger partial charge >= 0.3 is 0 Å². The van der Waals surface area contributed by atoms with Crippen LogP contribution in [0.25, 0.3) is 0 Å². The number of nitrogens with one attached hydrogen (secondary N) is 1. The number of carbonyl (C=O) groups excluding carboxylic acids is 1. The van der Waals surface area contributed by atoms with E-state index in [0.717, 1.165) is 38.4 Å². The Morgan fingerprint density at radius 1 is 1.06 bits per heavy atom. The zero-order valence-corrected chi connectivity index (χ0v) is 20.1. The van der Waals surface area contributed by atoms with E-state index in [9.17, 15) is 13.2 Å². The zero-order chi connectivity index (χ0) is 23.3. The second kappa shape index (κ2) is 10.5. The fourth-order valence-corrected chi connectivity index (χ4v) is 6.00. The Morgan fingerprint density at radius 2 is 1.79 bits per heavy atom. The normalized spacial score (nSPS) is 14.7. The highest BCUT2D eigenvalue weighted by atomic mass is 32.2. The van der Waals surface area contributed by atoms with Crippen LogP contribution in [0.5, 0.6) is 0 Å². The van der Waals surface area contributed by atoms with Gasteiger partial charge in [0, 0.05) is 38.8 Å². The van der Waals surface area contributed by atoms with E-state index in [-0.39, 0.29) is 10.1 Å². The molecule has 0 unspecified atom stereocenters. The summed E-state index contributed by atoms with van der Waals surface area (Å²) in [7, 11) is -2.09. The van der Waals surface area contributed by atoms with E-state index >= 15 is 0 Å². The number of thiophene rings is 1. The minimum absolute atomic E-state index is 0.205. The van der Waals surface area contributed by atoms with Crippen LogP contribution in [-0.4, -0.2) is 52.6 Å². The monoisotopic (exact) mass is 485 g/mol. The van der Waals surface area contributed by atoms with E-state index in [2.05, 4.69) is 22.3 Å². The second-order valence-corrected chi connectivity index (χ2v) is 11.0. The molecule has 0 bridgehead atoms. The molecule has 2 heterocycles. The SMILES string of the molecule is CN(c1ccc(C(=O)NCc2cccc(CN3CCOCC3)c2)cc1)S(=O)(=O)c1cccs1. The molecular formula is C24H27N3O4S2. The standard InChI is InChI=1S/C24H27N3O4S2/c1-26(33(29,30)23-6-3-15-32-23)22-9-7-21(8-10-22)24(28)25-17-19-4-2-5-20(16-19)18-27-11-13-31-14-12-27/h2-10,15-16H,11-14,17-18H2,1H3,(H,25,28). The van der Waals surface area contributed by atoms with Gasteiger partial charge in [-0.3, -0.25) is 14.0 Å². The highest BCUT2D eigenvalue weighted by molar-refractivity contribution is 7.94. The Labute approximate surface area is 198 Å². The molecule has 7 nitrogen and oxygen atoms in total. The third-order valence-electron chi connectivity index (χ3n) is 5.56. The van der Waals surface area contributed by atoms with Gasteiger partial charge in [0.2, 0.25) is 0 Å². The van der Waals surface area contributed by atoms with Gasteiger partial charge in [-0.25, -0.2) is 8.42 Å². The molecule has 1 aliphatic heterocycles. The van der Waals surface area contributed by atoms with Crippen molar-refractivity contribution >= 4 is 33.0 Å². The largest absolute Gasteiger partial charge is 0.379 e. The van der Waals surface area contributed by atoms with E-state index in [1.54, 1.807) is 41.8 Å². The van der Waals surface area contributed by atoms with Gasteiger partial charge in [-0.1, -0.05) is 30.3 Å². The molecular weight excluding hydrogens is 458 g/mol. The number of benzene rings is 2. The van der Waals surface area contributed by atoms with Crippen molar-refractivity contribution in [1.29, 1.82) is 0 Å². The van der Waals surface area contributed by atoms with Crippen LogP contribution in [-0.2, 0) is 27.8 Å². The van der Waals surface area contributed by atoms with Gasteiger partial charge in [0.15, 0.2) is 0 Å². The van der Waals surface area contributed by atoms with Gasteiger partial charge in [-0.05, 0) is 46.8 Å². The van der Waals surface area contributed by atoms with Crippen LogP contribution in [0.15, 0.2) is 70.3 Å². The Kier molecular flexibility index (Phi) is 7.44. The lowest BCUT2D eigenvalue weighted by Gasteiger charge is -2.26. The van der Waals surface area contributed by atoms with Crippen LogP contribution in [0.2, 0.25) is 0 Å². The van der Waals surface area contributed by atoms with Crippen molar-refractivity contribution in [2.75, 3.05) is 37.7 Å². The third kappa shape index (κ3) is 5.80. The number of sulfonamides is 1. The zero-order valence-electron chi connectivity index (χ0n) is 18.4. The summed E-state index contributed by atoms with van der Waals surface area (Å²) in [6.07, 6.45) is 0. The Hall–Kier alpha value is -2.72. The molecule has 4 rings (SSSR count). The number of hydrogen-bond acceptors (Lipinski definition) is 6. The number of morpholine rings is 1. The quantitative estimate of drug-likeness (QED) is 0.530. The molecule has 0 radical (unpaired) electrons. The summed E-state index contributed by atoms with van der Waals surface area (Å²) in [5.74, 6) is -0.205. The molecule has 1 N–H and O–H groups in total. The first kappa shape index (κ1) is 23.4. The molecule has 174 valence electrons. The van der Waals surface area contributed by atoms with Crippen molar-refractivity contribution in [1.82, 2.24) is 10.2 Å². The van der Waals surface area contributed by atoms with Crippen molar-refractivity contribution in [2.24, 2.45) is 0 Å². The van der Waals surface area contributed by atoms with Gasteiger partial charge in [-0.15, -0.1) is 11.3 Å². The molecule has 3 aromatic rings. The number of rotatable bonds is 8. The molecule has 2 aromatic carbocycles. The number of nitrogens with zero attached hydrogens (tertiary/aromatic N) is 2. The van der Waals surface area contributed by atoms with Gasteiger partial charge in [0.1, 0.15) is 4.21 Å². The number of ether oxygens (including phenoxy) is 1. The topological polar surface area (TPSA) is 79.0 Å². The summed E-state index contributed by atoms with van der Waals surface area (Å²) in [6, 6.07) is 18.1. The second-order valence-electron chi connectivity index (χ2n) is 7.84. The van der Waals surface area contributed by atoms with E-state index in [4.69, 9.17) is 4.74 Å². The summed E-state index contributed by atoms with van der Waals surface area (Å²) in [6.45, 7) is 4.69. The van der Waals surface area contributed by atoms with Crippen molar-refractivity contribution in [3.05, 3.63) is 82.7 Å². The average molecular weight is 486 g/mol. The lowest BCUT2D eigenvalue weighted by molar-refractivity contribution is 0.0342. The lowest BCUT2D eigenvalue weighted by Crippen LogP contribution is -2.35. The van der Waals surface area contributed by atoms with Crippen LogP contribution in [0.4, 0.5) is 5.69 Å². The minimum Gasteiger partial charge on any atom is -0.379 e. The fraction of sp³-hybridized carbons (Fsp3) is 0.292. The average Bonchev–Trinajstić information content (AvgIpc) is 3.39. The smallest absolute Gasteiger partial charge is 0.273 e. The first-order chi connectivity index (χ1) is 15.9. The van der Waals surface area contributed by atoms with E-state index in [0.29, 0.717) is 17.8 Å². The molecule has 1 saturated heterocycles. The summed E-state index contributed by atoms with van der Waals surface area (Å²) in [5, 5.41) is 4.67. The number of hydrogen-bond donors (Lipinski definition) is 1. The van der Waals surface area contributed by atoms with Gasteiger partial charge < -0.3 is 10.1 Å².